The topological polar surface area (TPSA) is 40.6 Å². The van der Waals surface area contributed by atoms with Crippen molar-refractivity contribution in [1.29, 1.82) is 0 Å². The van der Waals surface area contributed by atoms with Gasteiger partial charge in [0.15, 0.2) is 4.75 Å². The molecule has 2 aliphatic rings. The summed E-state index contributed by atoms with van der Waals surface area (Å²) in [5.41, 5.74) is 0.884. The minimum absolute atomic E-state index is 0.0459. The Morgan fingerprint density at radius 3 is 2.82 bits per heavy atom. The molecule has 5 heteroatoms. The highest BCUT2D eigenvalue weighted by Crippen LogP contribution is 2.45. The van der Waals surface area contributed by atoms with E-state index < -0.39 is 4.75 Å². The van der Waals surface area contributed by atoms with Crippen LogP contribution in [-0.2, 0) is 9.59 Å². The maximum Gasteiger partial charge on any atom is 0.252 e. The number of carbonyl (C=O) groups excluding carboxylic acids is 2. The minimum atomic E-state index is -1.06. The number of fused-ring (bicyclic) bond motifs is 1. The van der Waals surface area contributed by atoms with E-state index in [2.05, 4.69) is 6.92 Å². The molecule has 2 atom stereocenters. The fourth-order valence-corrected chi connectivity index (χ4v) is 4.66. The maximum absolute atomic E-state index is 13.0. The predicted octanol–water partition coefficient (Wildman–Crippen LogP) is 2.77. The van der Waals surface area contributed by atoms with Crippen molar-refractivity contribution in [1.82, 2.24) is 4.90 Å². The van der Waals surface area contributed by atoms with Crippen molar-refractivity contribution < 1.29 is 9.59 Å². The van der Waals surface area contributed by atoms with Crippen LogP contribution in [0.3, 0.4) is 0 Å². The van der Waals surface area contributed by atoms with Gasteiger partial charge < -0.3 is 9.80 Å². The molecule has 1 aromatic rings. The zero-order valence-electron chi connectivity index (χ0n) is 13.3. The Morgan fingerprint density at radius 2 is 2.09 bits per heavy atom. The molecule has 3 rings (SSSR count). The van der Waals surface area contributed by atoms with Crippen LogP contribution in [0.1, 0.15) is 26.7 Å². The van der Waals surface area contributed by atoms with E-state index in [1.165, 1.54) is 11.8 Å². The molecule has 2 amide bonds. The first-order valence-electron chi connectivity index (χ1n) is 7.79. The largest absolute Gasteiger partial charge is 0.341 e. The van der Waals surface area contributed by atoms with Gasteiger partial charge in [-0.15, -0.1) is 0 Å². The van der Waals surface area contributed by atoms with Gasteiger partial charge in [0.25, 0.3) is 5.91 Å². The van der Waals surface area contributed by atoms with Gasteiger partial charge in [0, 0.05) is 25.0 Å². The van der Waals surface area contributed by atoms with Crippen molar-refractivity contribution in [3.8, 4) is 0 Å². The number of piperidine rings is 1. The molecule has 0 aromatic heterocycles. The average molecular weight is 318 g/mol. The number of hydrogen-bond acceptors (Lipinski definition) is 3. The normalized spacial score (nSPS) is 28.5. The van der Waals surface area contributed by atoms with Crippen molar-refractivity contribution in [3.05, 3.63) is 24.3 Å². The number of anilines is 1. The van der Waals surface area contributed by atoms with Crippen LogP contribution in [-0.4, -0.2) is 41.6 Å². The number of benzene rings is 1. The van der Waals surface area contributed by atoms with E-state index in [0.29, 0.717) is 5.92 Å². The summed E-state index contributed by atoms with van der Waals surface area (Å²) >= 11 is 1.39. The number of amides is 2. The van der Waals surface area contributed by atoms with E-state index in [0.717, 1.165) is 36.5 Å². The van der Waals surface area contributed by atoms with Crippen molar-refractivity contribution in [3.63, 3.8) is 0 Å². The number of hydrogen-bond donors (Lipinski definition) is 0. The smallest absolute Gasteiger partial charge is 0.252 e. The van der Waals surface area contributed by atoms with Crippen LogP contribution in [0.25, 0.3) is 0 Å². The third kappa shape index (κ3) is 2.41. The Hall–Kier alpha value is -1.49. The lowest BCUT2D eigenvalue weighted by molar-refractivity contribution is -0.139. The number of para-hydroxylation sites is 1. The monoisotopic (exact) mass is 318 g/mol. The SMILES string of the molecule is C[C@H]1CCCN(C(=O)[C@@]2(C)Sc3ccccc3N(C)C2=O)C1. The Morgan fingerprint density at radius 1 is 1.36 bits per heavy atom. The van der Waals surface area contributed by atoms with Crippen molar-refractivity contribution >= 4 is 29.3 Å². The molecule has 4 nitrogen and oxygen atoms in total. The molecule has 0 bridgehead atoms. The highest BCUT2D eigenvalue weighted by atomic mass is 32.2. The number of likely N-dealkylation sites (tertiary alicyclic amines) is 1. The van der Waals surface area contributed by atoms with Gasteiger partial charge in [0.1, 0.15) is 0 Å². The Kier molecular flexibility index (Phi) is 3.93. The lowest BCUT2D eigenvalue weighted by atomic mass is 9.98. The second-order valence-corrected chi connectivity index (χ2v) is 7.93. The summed E-state index contributed by atoms with van der Waals surface area (Å²) in [7, 11) is 1.76. The molecule has 2 heterocycles. The van der Waals surface area contributed by atoms with Gasteiger partial charge in [-0.05, 0) is 37.8 Å². The van der Waals surface area contributed by atoms with E-state index >= 15 is 0 Å². The van der Waals surface area contributed by atoms with E-state index in [1.807, 2.05) is 29.2 Å². The summed E-state index contributed by atoms with van der Waals surface area (Å²) in [5.74, 6) is 0.338. The van der Waals surface area contributed by atoms with E-state index in [-0.39, 0.29) is 11.8 Å². The first kappa shape index (κ1) is 15.4. The fraction of sp³-hybridized carbons (Fsp3) is 0.529. The van der Waals surface area contributed by atoms with Crippen LogP contribution in [0.5, 0.6) is 0 Å². The number of thioether (sulfide) groups is 1. The second-order valence-electron chi connectivity index (χ2n) is 6.47. The number of rotatable bonds is 1. The number of nitrogens with zero attached hydrogens (tertiary/aromatic N) is 2. The molecule has 1 aromatic carbocycles. The Labute approximate surface area is 135 Å². The Balaban J connectivity index is 1.92. The zero-order valence-corrected chi connectivity index (χ0v) is 14.2. The summed E-state index contributed by atoms with van der Waals surface area (Å²) in [6, 6.07) is 7.77. The van der Waals surface area contributed by atoms with Crippen molar-refractivity contribution in [2.24, 2.45) is 5.92 Å². The van der Waals surface area contributed by atoms with Gasteiger partial charge in [-0.3, -0.25) is 9.59 Å². The third-order valence-corrected chi connectivity index (χ3v) is 5.93. The van der Waals surface area contributed by atoms with E-state index in [9.17, 15) is 9.59 Å². The molecule has 2 aliphatic heterocycles. The fourth-order valence-electron chi connectivity index (χ4n) is 3.32. The third-order valence-electron chi connectivity index (χ3n) is 4.61. The molecule has 0 aliphatic carbocycles. The Bertz CT molecular complexity index is 618. The van der Waals surface area contributed by atoms with Crippen LogP contribution < -0.4 is 4.90 Å². The molecular weight excluding hydrogens is 296 g/mol. The lowest BCUT2D eigenvalue weighted by Crippen LogP contribution is -2.57. The van der Waals surface area contributed by atoms with E-state index in [4.69, 9.17) is 0 Å². The van der Waals surface area contributed by atoms with Crippen LogP contribution in [0.15, 0.2) is 29.2 Å². The summed E-state index contributed by atoms with van der Waals surface area (Å²) in [6.45, 7) is 5.46. The van der Waals surface area contributed by atoms with Gasteiger partial charge in [0.2, 0.25) is 5.91 Å². The molecule has 0 radical (unpaired) electrons. The minimum Gasteiger partial charge on any atom is -0.341 e. The number of carbonyl (C=O) groups is 2. The van der Waals surface area contributed by atoms with Crippen LogP contribution in [0.4, 0.5) is 5.69 Å². The van der Waals surface area contributed by atoms with Crippen LogP contribution >= 0.6 is 11.8 Å². The summed E-state index contributed by atoms with van der Waals surface area (Å²) in [6.07, 6.45) is 2.18. The lowest BCUT2D eigenvalue weighted by Gasteiger charge is -2.41. The van der Waals surface area contributed by atoms with E-state index in [1.54, 1.807) is 18.9 Å². The second kappa shape index (κ2) is 5.61. The summed E-state index contributed by atoms with van der Waals surface area (Å²) in [4.78, 5) is 30.4. The molecule has 0 unspecified atom stereocenters. The highest BCUT2D eigenvalue weighted by molar-refractivity contribution is 8.02. The van der Waals surface area contributed by atoms with Gasteiger partial charge in [-0.1, -0.05) is 30.8 Å². The molecule has 22 heavy (non-hydrogen) atoms. The zero-order chi connectivity index (χ0) is 15.9. The van der Waals surface area contributed by atoms with Crippen molar-refractivity contribution in [2.75, 3.05) is 25.0 Å². The standard InChI is InChI=1S/C17H22N2O2S/c1-12-7-6-10-19(11-12)16(21)17(2)15(20)18(3)13-8-4-5-9-14(13)22-17/h4-5,8-9,12H,6-7,10-11H2,1-3H3/t12-,17-/m0/s1. The van der Waals surface area contributed by atoms with Gasteiger partial charge in [0.05, 0.1) is 5.69 Å². The molecule has 1 saturated heterocycles. The summed E-state index contributed by atoms with van der Waals surface area (Å²) < 4.78 is -1.06. The molecule has 0 N–H and O–H groups in total. The molecule has 118 valence electrons. The van der Waals surface area contributed by atoms with Gasteiger partial charge >= 0.3 is 0 Å². The first-order chi connectivity index (χ1) is 10.4. The predicted molar refractivity (Wildman–Crippen MR) is 89.1 cm³/mol. The van der Waals surface area contributed by atoms with Gasteiger partial charge in [-0.2, -0.15) is 0 Å². The van der Waals surface area contributed by atoms with Gasteiger partial charge in [-0.25, -0.2) is 0 Å². The molecule has 1 fully saturated rings. The molecular formula is C17H22N2O2S. The van der Waals surface area contributed by atoms with Crippen LogP contribution in [0, 0.1) is 5.92 Å². The maximum atomic E-state index is 13.0. The highest BCUT2D eigenvalue weighted by Gasteiger charge is 2.50. The molecule has 0 spiro atoms. The average Bonchev–Trinajstić information content (AvgIpc) is 2.52. The van der Waals surface area contributed by atoms with Crippen LogP contribution in [0.2, 0.25) is 0 Å². The van der Waals surface area contributed by atoms with Crippen molar-refractivity contribution in [2.45, 2.75) is 36.3 Å². The first-order valence-corrected chi connectivity index (χ1v) is 8.60. The quantitative estimate of drug-likeness (QED) is 0.748. The molecule has 0 saturated carbocycles. The summed E-state index contributed by atoms with van der Waals surface area (Å²) in [5, 5.41) is 0.